The van der Waals surface area contributed by atoms with Gasteiger partial charge >= 0.3 is 6.03 Å². The molecule has 1 aromatic rings. The predicted molar refractivity (Wildman–Crippen MR) is 87.9 cm³/mol. The summed E-state index contributed by atoms with van der Waals surface area (Å²) in [6, 6.07) is 7.42. The molecule has 4 nitrogen and oxygen atoms in total. The lowest BCUT2D eigenvalue weighted by Crippen LogP contribution is -2.46. The van der Waals surface area contributed by atoms with Gasteiger partial charge in [-0.1, -0.05) is 38.8 Å². The predicted octanol–water partition coefficient (Wildman–Crippen LogP) is 3.61. The van der Waals surface area contributed by atoms with Gasteiger partial charge in [0.25, 0.3) is 0 Å². The van der Waals surface area contributed by atoms with E-state index >= 15 is 0 Å². The van der Waals surface area contributed by atoms with E-state index in [0.29, 0.717) is 5.25 Å². The molecule has 0 heterocycles. The molecule has 0 aromatic heterocycles. The molecule has 2 rings (SSSR count). The molecular formula is C16H24N2O2S. The van der Waals surface area contributed by atoms with Crippen LogP contribution < -0.4 is 10.6 Å². The number of hydrogen-bond donors (Lipinski definition) is 3. The van der Waals surface area contributed by atoms with Crippen LogP contribution in [0.2, 0.25) is 0 Å². The van der Waals surface area contributed by atoms with Gasteiger partial charge in [0.15, 0.2) is 0 Å². The lowest BCUT2D eigenvalue weighted by atomic mass is 9.93. The van der Waals surface area contributed by atoms with E-state index in [1.165, 1.54) is 0 Å². The molecule has 2 atom stereocenters. The van der Waals surface area contributed by atoms with Crippen LogP contribution in [-0.4, -0.2) is 28.5 Å². The Morgan fingerprint density at radius 3 is 2.71 bits per heavy atom. The van der Waals surface area contributed by atoms with E-state index in [2.05, 4.69) is 24.5 Å². The van der Waals surface area contributed by atoms with E-state index in [1.807, 2.05) is 24.3 Å². The first-order chi connectivity index (χ1) is 10.1. The molecule has 0 radical (unpaired) electrons. The summed E-state index contributed by atoms with van der Waals surface area (Å²) in [6.45, 7) is 4.25. The molecule has 1 aliphatic carbocycles. The van der Waals surface area contributed by atoms with Crippen LogP contribution in [0.1, 0.15) is 39.5 Å². The molecule has 0 unspecified atom stereocenters. The van der Waals surface area contributed by atoms with E-state index < -0.39 is 6.10 Å². The summed E-state index contributed by atoms with van der Waals surface area (Å²) in [5, 5.41) is 16.2. The first-order valence-corrected chi connectivity index (χ1v) is 8.45. The van der Waals surface area contributed by atoms with Crippen molar-refractivity contribution in [2.75, 3.05) is 5.32 Å². The summed E-state index contributed by atoms with van der Waals surface area (Å²) in [5.74, 6) is 0. The Kier molecular flexibility index (Phi) is 5.94. The van der Waals surface area contributed by atoms with Gasteiger partial charge in [-0.3, -0.25) is 0 Å². The minimum absolute atomic E-state index is 0.135. The maximum Gasteiger partial charge on any atom is 0.319 e. The molecule has 0 aliphatic heterocycles. The fraction of sp³-hybridized carbons (Fsp3) is 0.562. The molecule has 21 heavy (non-hydrogen) atoms. The van der Waals surface area contributed by atoms with Crippen molar-refractivity contribution in [3.8, 4) is 0 Å². The smallest absolute Gasteiger partial charge is 0.319 e. The second-order valence-electron chi connectivity index (χ2n) is 5.72. The van der Waals surface area contributed by atoms with Crippen molar-refractivity contribution < 1.29 is 9.90 Å². The number of aliphatic hydroxyl groups excluding tert-OH is 1. The number of anilines is 1. The number of para-hydroxylation sites is 1. The highest BCUT2D eigenvalue weighted by atomic mass is 32.2. The van der Waals surface area contributed by atoms with Crippen LogP contribution in [0, 0.1) is 0 Å². The monoisotopic (exact) mass is 308 g/mol. The van der Waals surface area contributed by atoms with Gasteiger partial charge < -0.3 is 15.7 Å². The highest BCUT2D eigenvalue weighted by Crippen LogP contribution is 2.30. The fourth-order valence-electron chi connectivity index (χ4n) is 2.53. The van der Waals surface area contributed by atoms with Crippen LogP contribution in [0.15, 0.2) is 29.2 Å². The SMILES string of the molecule is CC(C)Sc1ccccc1NC(=O)N[C@@H]1CCCC[C@H]1O. The number of hydrogen-bond acceptors (Lipinski definition) is 3. The zero-order valence-electron chi connectivity index (χ0n) is 12.6. The molecule has 1 fully saturated rings. The van der Waals surface area contributed by atoms with Crippen molar-refractivity contribution in [1.29, 1.82) is 0 Å². The average Bonchev–Trinajstić information content (AvgIpc) is 2.43. The summed E-state index contributed by atoms with van der Waals surface area (Å²) in [4.78, 5) is 13.2. The number of rotatable bonds is 4. The lowest BCUT2D eigenvalue weighted by Gasteiger charge is -2.28. The quantitative estimate of drug-likeness (QED) is 0.745. The van der Waals surface area contributed by atoms with E-state index in [4.69, 9.17) is 0 Å². The van der Waals surface area contributed by atoms with E-state index in [1.54, 1.807) is 11.8 Å². The molecule has 0 spiro atoms. The third-order valence-electron chi connectivity index (χ3n) is 3.54. The highest BCUT2D eigenvalue weighted by Gasteiger charge is 2.24. The van der Waals surface area contributed by atoms with E-state index in [9.17, 15) is 9.90 Å². The molecule has 1 saturated carbocycles. The zero-order chi connectivity index (χ0) is 15.2. The summed E-state index contributed by atoms with van der Waals surface area (Å²) in [5.41, 5.74) is 0.819. The van der Waals surface area contributed by atoms with Crippen molar-refractivity contribution in [2.24, 2.45) is 0 Å². The van der Waals surface area contributed by atoms with Gasteiger partial charge in [-0.05, 0) is 25.0 Å². The van der Waals surface area contributed by atoms with Gasteiger partial charge in [0.05, 0.1) is 17.8 Å². The van der Waals surface area contributed by atoms with Crippen LogP contribution in [0.4, 0.5) is 10.5 Å². The van der Waals surface area contributed by atoms with Crippen LogP contribution in [0.3, 0.4) is 0 Å². The Morgan fingerprint density at radius 2 is 2.00 bits per heavy atom. The standard InChI is InChI=1S/C16H24N2O2S/c1-11(2)21-15-10-6-4-8-13(15)18-16(20)17-12-7-3-5-9-14(12)19/h4,6,8,10-12,14,19H,3,5,7,9H2,1-2H3,(H2,17,18,20)/t12-,14-/m1/s1. The minimum Gasteiger partial charge on any atom is -0.391 e. The van der Waals surface area contributed by atoms with Gasteiger partial charge in [-0.15, -0.1) is 11.8 Å². The number of urea groups is 1. The summed E-state index contributed by atoms with van der Waals surface area (Å²) < 4.78 is 0. The largest absolute Gasteiger partial charge is 0.391 e. The number of amides is 2. The van der Waals surface area contributed by atoms with Gasteiger partial charge in [0.1, 0.15) is 0 Å². The van der Waals surface area contributed by atoms with Gasteiger partial charge in [-0.25, -0.2) is 4.79 Å². The Bertz CT molecular complexity index is 479. The maximum atomic E-state index is 12.1. The van der Waals surface area contributed by atoms with Crippen LogP contribution in [0.5, 0.6) is 0 Å². The molecule has 0 saturated heterocycles. The normalized spacial score (nSPS) is 22.1. The Hall–Kier alpha value is -1.20. The Balaban J connectivity index is 1.96. The number of thioether (sulfide) groups is 1. The van der Waals surface area contributed by atoms with Crippen molar-refractivity contribution in [3.63, 3.8) is 0 Å². The Morgan fingerprint density at radius 1 is 1.29 bits per heavy atom. The summed E-state index contributed by atoms with van der Waals surface area (Å²) >= 11 is 1.72. The van der Waals surface area contributed by atoms with E-state index in [-0.39, 0.29) is 12.1 Å². The van der Waals surface area contributed by atoms with Crippen LogP contribution in [-0.2, 0) is 0 Å². The van der Waals surface area contributed by atoms with Gasteiger partial charge in [0, 0.05) is 10.1 Å². The number of carbonyl (C=O) groups excluding carboxylic acids is 1. The number of carbonyl (C=O) groups is 1. The van der Waals surface area contributed by atoms with Crippen molar-refractivity contribution in [1.82, 2.24) is 5.32 Å². The number of aliphatic hydroxyl groups is 1. The molecule has 2 amide bonds. The lowest BCUT2D eigenvalue weighted by molar-refractivity contribution is 0.0955. The first kappa shape index (κ1) is 16.2. The van der Waals surface area contributed by atoms with Gasteiger partial charge in [-0.2, -0.15) is 0 Å². The minimum atomic E-state index is -0.426. The zero-order valence-corrected chi connectivity index (χ0v) is 13.5. The third kappa shape index (κ3) is 4.93. The summed E-state index contributed by atoms with van der Waals surface area (Å²) in [7, 11) is 0. The highest BCUT2D eigenvalue weighted by molar-refractivity contribution is 8.00. The van der Waals surface area contributed by atoms with Crippen molar-refractivity contribution in [3.05, 3.63) is 24.3 Å². The number of benzene rings is 1. The molecular weight excluding hydrogens is 284 g/mol. The molecule has 5 heteroatoms. The number of nitrogens with one attached hydrogen (secondary N) is 2. The van der Waals surface area contributed by atoms with Gasteiger partial charge in [0.2, 0.25) is 0 Å². The molecule has 0 bridgehead atoms. The second kappa shape index (κ2) is 7.71. The van der Waals surface area contributed by atoms with E-state index in [0.717, 1.165) is 36.3 Å². The third-order valence-corrected chi connectivity index (χ3v) is 4.63. The first-order valence-electron chi connectivity index (χ1n) is 7.57. The maximum absolute atomic E-state index is 12.1. The van der Waals surface area contributed by atoms with Crippen molar-refractivity contribution in [2.45, 2.75) is 61.8 Å². The second-order valence-corrected chi connectivity index (χ2v) is 7.34. The van der Waals surface area contributed by atoms with Crippen LogP contribution >= 0.6 is 11.8 Å². The average molecular weight is 308 g/mol. The fourth-order valence-corrected chi connectivity index (χ4v) is 3.44. The van der Waals surface area contributed by atoms with Crippen LogP contribution in [0.25, 0.3) is 0 Å². The summed E-state index contributed by atoms with van der Waals surface area (Å²) in [6.07, 6.45) is 3.28. The van der Waals surface area contributed by atoms with Crippen molar-refractivity contribution >= 4 is 23.5 Å². The Labute approximate surface area is 130 Å². The molecule has 3 N–H and O–H groups in total. The topological polar surface area (TPSA) is 61.4 Å². The molecule has 1 aliphatic rings. The molecule has 116 valence electrons. The molecule has 1 aromatic carbocycles.